The normalized spacial score (nSPS) is 23.8. The zero-order valence-corrected chi connectivity index (χ0v) is 14.2. The molecule has 3 nitrogen and oxygen atoms in total. The Kier molecular flexibility index (Phi) is 5.87. The van der Waals surface area contributed by atoms with Gasteiger partial charge in [0, 0.05) is 16.1 Å². The van der Waals surface area contributed by atoms with Gasteiger partial charge in [-0.15, -0.1) is 0 Å². The molecule has 1 saturated heterocycles. The fraction of sp³-hybridized carbons (Fsp3) is 0.625. The maximum absolute atomic E-state index is 5.60. The molecule has 0 radical (unpaired) electrons. The van der Waals surface area contributed by atoms with Gasteiger partial charge in [-0.05, 0) is 63.6 Å². The van der Waals surface area contributed by atoms with Gasteiger partial charge < -0.3 is 10.1 Å². The Morgan fingerprint density at radius 1 is 1.45 bits per heavy atom. The number of nitrogens with zero attached hydrogens (tertiary/aromatic N) is 1. The van der Waals surface area contributed by atoms with Gasteiger partial charge in [-0.3, -0.25) is 4.90 Å². The van der Waals surface area contributed by atoms with E-state index < -0.39 is 0 Å². The first-order chi connectivity index (χ1) is 9.71. The predicted molar refractivity (Wildman–Crippen MR) is 87.3 cm³/mol. The summed E-state index contributed by atoms with van der Waals surface area (Å²) in [5.41, 5.74) is 1.31. The number of ether oxygens (including phenoxy) is 1. The Bertz CT molecular complexity index is 436. The van der Waals surface area contributed by atoms with Crippen molar-refractivity contribution in [1.29, 1.82) is 0 Å². The smallest absolute Gasteiger partial charge is 0.123 e. The Labute approximate surface area is 130 Å². The number of rotatable bonds is 5. The van der Waals surface area contributed by atoms with E-state index in [0.717, 1.165) is 23.3 Å². The fourth-order valence-electron chi connectivity index (χ4n) is 3.37. The lowest BCUT2D eigenvalue weighted by Crippen LogP contribution is -2.42. The van der Waals surface area contributed by atoms with E-state index in [4.69, 9.17) is 4.74 Å². The molecule has 1 fully saturated rings. The third-order valence-corrected chi connectivity index (χ3v) is 4.74. The van der Waals surface area contributed by atoms with Crippen molar-refractivity contribution in [1.82, 2.24) is 10.2 Å². The average Bonchev–Trinajstić information content (AvgIpc) is 2.47. The first-order valence-electron chi connectivity index (χ1n) is 7.43. The maximum atomic E-state index is 5.60. The van der Waals surface area contributed by atoms with Crippen LogP contribution >= 0.6 is 15.9 Å². The van der Waals surface area contributed by atoms with E-state index in [1.807, 2.05) is 7.05 Å². The Morgan fingerprint density at radius 3 is 2.90 bits per heavy atom. The fourth-order valence-corrected chi connectivity index (χ4v) is 3.75. The maximum Gasteiger partial charge on any atom is 0.123 e. The van der Waals surface area contributed by atoms with E-state index in [1.165, 1.54) is 24.9 Å². The standard InChI is InChI=1S/C16H25BrN2O/c1-4-19-9-5-6-12(11-18-2)16(19)14-10-13(17)7-8-15(14)20-3/h7-8,10,12,16,18H,4-6,9,11H2,1-3H3. The molecule has 0 aromatic heterocycles. The van der Waals surface area contributed by atoms with Crippen LogP contribution in [0.4, 0.5) is 0 Å². The molecule has 2 atom stereocenters. The van der Waals surface area contributed by atoms with Crippen molar-refractivity contribution in [2.24, 2.45) is 5.92 Å². The molecule has 0 spiro atoms. The van der Waals surface area contributed by atoms with Crippen LogP contribution in [0.3, 0.4) is 0 Å². The molecule has 1 aromatic carbocycles. The molecular formula is C16H25BrN2O. The van der Waals surface area contributed by atoms with Crippen LogP contribution in [0.2, 0.25) is 0 Å². The number of benzene rings is 1. The van der Waals surface area contributed by atoms with Gasteiger partial charge in [0.1, 0.15) is 5.75 Å². The minimum absolute atomic E-state index is 0.439. The summed E-state index contributed by atoms with van der Waals surface area (Å²) in [4.78, 5) is 2.58. The summed E-state index contributed by atoms with van der Waals surface area (Å²) in [5.74, 6) is 1.64. The van der Waals surface area contributed by atoms with E-state index in [1.54, 1.807) is 7.11 Å². The van der Waals surface area contributed by atoms with Crippen molar-refractivity contribution >= 4 is 15.9 Å². The first-order valence-corrected chi connectivity index (χ1v) is 8.22. The lowest BCUT2D eigenvalue weighted by molar-refractivity contribution is 0.0961. The van der Waals surface area contributed by atoms with Crippen LogP contribution in [-0.4, -0.2) is 38.7 Å². The van der Waals surface area contributed by atoms with Crippen LogP contribution in [0.25, 0.3) is 0 Å². The molecule has 1 aromatic rings. The number of likely N-dealkylation sites (tertiary alicyclic amines) is 1. The van der Waals surface area contributed by atoms with Gasteiger partial charge in [0.05, 0.1) is 7.11 Å². The van der Waals surface area contributed by atoms with Gasteiger partial charge in [-0.25, -0.2) is 0 Å². The van der Waals surface area contributed by atoms with Crippen molar-refractivity contribution in [2.45, 2.75) is 25.8 Å². The predicted octanol–water partition coefficient (Wildman–Crippen LogP) is 3.45. The summed E-state index contributed by atoms with van der Waals surface area (Å²) in [6, 6.07) is 6.78. The highest BCUT2D eigenvalue weighted by molar-refractivity contribution is 9.10. The molecule has 112 valence electrons. The second kappa shape index (κ2) is 7.43. The number of nitrogens with one attached hydrogen (secondary N) is 1. The number of hydrogen-bond acceptors (Lipinski definition) is 3. The lowest BCUT2D eigenvalue weighted by Gasteiger charge is -2.41. The largest absolute Gasteiger partial charge is 0.496 e. The first kappa shape index (κ1) is 15.8. The quantitative estimate of drug-likeness (QED) is 0.888. The molecule has 2 rings (SSSR count). The van der Waals surface area contributed by atoms with E-state index in [2.05, 4.69) is 51.3 Å². The van der Waals surface area contributed by atoms with E-state index in [-0.39, 0.29) is 0 Å². The summed E-state index contributed by atoms with van der Waals surface area (Å²) in [7, 11) is 3.80. The molecule has 1 aliphatic heterocycles. The zero-order valence-electron chi connectivity index (χ0n) is 12.7. The number of methoxy groups -OCH3 is 1. The molecule has 2 unspecified atom stereocenters. The molecule has 20 heavy (non-hydrogen) atoms. The number of halogens is 1. The molecule has 1 N–H and O–H groups in total. The highest BCUT2D eigenvalue weighted by atomic mass is 79.9. The number of hydrogen-bond donors (Lipinski definition) is 1. The monoisotopic (exact) mass is 340 g/mol. The zero-order chi connectivity index (χ0) is 14.5. The number of piperidine rings is 1. The van der Waals surface area contributed by atoms with Crippen molar-refractivity contribution in [3.63, 3.8) is 0 Å². The van der Waals surface area contributed by atoms with E-state index >= 15 is 0 Å². The Morgan fingerprint density at radius 2 is 2.25 bits per heavy atom. The van der Waals surface area contributed by atoms with Gasteiger partial charge in [-0.1, -0.05) is 22.9 Å². The van der Waals surface area contributed by atoms with Gasteiger partial charge in [0.2, 0.25) is 0 Å². The molecule has 0 amide bonds. The van der Waals surface area contributed by atoms with Gasteiger partial charge in [-0.2, -0.15) is 0 Å². The van der Waals surface area contributed by atoms with Gasteiger partial charge in [0.25, 0.3) is 0 Å². The second-order valence-electron chi connectivity index (χ2n) is 5.42. The molecule has 1 heterocycles. The van der Waals surface area contributed by atoms with Crippen LogP contribution in [-0.2, 0) is 0 Å². The minimum Gasteiger partial charge on any atom is -0.496 e. The molecule has 4 heteroatoms. The molecule has 1 aliphatic rings. The highest BCUT2D eigenvalue weighted by Gasteiger charge is 2.33. The summed E-state index contributed by atoms with van der Waals surface area (Å²) < 4.78 is 6.73. The summed E-state index contributed by atoms with van der Waals surface area (Å²) >= 11 is 3.60. The Balaban J connectivity index is 2.39. The van der Waals surface area contributed by atoms with E-state index in [0.29, 0.717) is 12.0 Å². The summed E-state index contributed by atoms with van der Waals surface area (Å²) in [5, 5.41) is 3.35. The van der Waals surface area contributed by atoms with Crippen LogP contribution in [0.1, 0.15) is 31.4 Å². The SMILES string of the molecule is CCN1CCCC(CNC)C1c1cc(Br)ccc1OC. The third-order valence-electron chi connectivity index (χ3n) is 4.24. The van der Waals surface area contributed by atoms with Crippen LogP contribution in [0.15, 0.2) is 22.7 Å². The average molecular weight is 341 g/mol. The van der Waals surface area contributed by atoms with Crippen molar-refractivity contribution in [3.8, 4) is 5.75 Å². The highest BCUT2D eigenvalue weighted by Crippen LogP contribution is 2.40. The second-order valence-corrected chi connectivity index (χ2v) is 6.34. The molecule has 0 saturated carbocycles. The Hall–Kier alpha value is -0.580. The van der Waals surface area contributed by atoms with Crippen molar-refractivity contribution in [3.05, 3.63) is 28.2 Å². The third kappa shape index (κ3) is 3.35. The van der Waals surface area contributed by atoms with Crippen LogP contribution in [0.5, 0.6) is 5.75 Å². The molecule has 0 bridgehead atoms. The van der Waals surface area contributed by atoms with Gasteiger partial charge in [0.15, 0.2) is 0 Å². The summed E-state index contributed by atoms with van der Waals surface area (Å²) in [6.45, 7) is 5.56. The molecule has 0 aliphatic carbocycles. The minimum atomic E-state index is 0.439. The van der Waals surface area contributed by atoms with Crippen molar-refractivity contribution in [2.75, 3.05) is 33.8 Å². The van der Waals surface area contributed by atoms with Crippen LogP contribution < -0.4 is 10.1 Å². The van der Waals surface area contributed by atoms with Crippen molar-refractivity contribution < 1.29 is 4.74 Å². The van der Waals surface area contributed by atoms with Crippen LogP contribution in [0, 0.1) is 5.92 Å². The molecular weight excluding hydrogens is 316 g/mol. The topological polar surface area (TPSA) is 24.5 Å². The van der Waals surface area contributed by atoms with Gasteiger partial charge >= 0.3 is 0 Å². The summed E-state index contributed by atoms with van der Waals surface area (Å²) in [6.07, 6.45) is 2.56. The van der Waals surface area contributed by atoms with E-state index in [9.17, 15) is 0 Å². The lowest BCUT2D eigenvalue weighted by atomic mass is 9.84.